The van der Waals surface area contributed by atoms with E-state index < -0.39 is 12.0 Å². The predicted octanol–water partition coefficient (Wildman–Crippen LogP) is 3.99. The molecule has 0 aliphatic carbocycles. The Labute approximate surface area is 266 Å². The van der Waals surface area contributed by atoms with Crippen LogP contribution in [-0.2, 0) is 14.3 Å². The van der Waals surface area contributed by atoms with Crippen LogP contribution in [0.25, 0.3) is 6.08 Å². The zero-order chi connectivity index (χ0) is 31.9. The number of esters is 1. The molecule has 0 bridgehead atoms. The van der Waals surface area contributed by atoms with Crippen molar-refractivity contribution in [3.05, 3.63) is 84.5 Å². The molecule has 238 valence electrons. The molecule has 3 heterocycles. The van der Waals surface area contributed by atoms with Crippen molar-refractivity contribution in [3.8, 4) is 17.2 Å². The Hall–Kier alpha value is -4.38. The predicted molar refractivity (Wildman–Crippen MR) is 172 cm³/mol. The van der Waals surface area contributed by atoms with Gasteiger partial charge >= 0.3 is 5.97 Å². The first-order chi connectivity index (χ1) is 21.9. The Morgan fingerprint density at radius 2 is 1.82 bits per heavy atom. The Kier molecular flexibility index (Phi) is 10.4. The number of rotatable bonds is 12. The van der Waals surface area contributed by atoms with Gasteiger partial charge < -0.3 is 23.8 Å². The van der Waals surface area contributed by atoms with Crippen LogP contribution in [0.2, 0.25) is 0 Å². The Morgan fingerprint density at radius 1 is 1.02 bits per heavy atom. The standard InChI is InChI=1S/C34H39N3O7S/c1-5-11-25-30(33(40)43-7-3)31(23-12-10-13-24(20-23)41-4)37-32(39)28(45-34(37)35-25)19-22-14-15-26(27(18-22)42-6-2)44-21-29(38)36-16-8-9-17-36/h10,12-15,18-20,31H,5-9,11,16-17,21H2,1-4H3/b28-19+/t31-/m1/s1. The van der Waals surface area contributed by atoms with E-state index in [1.807, 2.05) is 49.1 Å². The smallest absolute Gasteiger partial charge is 0.338 e. The van der Waals surface area contributed by atoms with Crippen molar-refractivity contribution < 1.29 is 28.5 Å². The number of likely N-dealkylation sites (tertiary alicyclic amines) is 1. The molecule has 1 atom stereocenters. The van der Waals surface area contributed by atoms with Gasteiger partial charge in [0.15, 0.2) is 22.9 Å². The number of allylic oxidation sites excluding steroid dienone is 1. The van der Waals surface area contributed by atoms with E-state index in [4.69, 9.17) is 23.9 Å². The van der Waals surface area contributed by atoms with Gasteiger partial charge in [0.25, 0.3) is 11.5 Å². The maximum Gasteiger partial charge on any atom is 0.338 e. The summed E-state index contributed by atoms with van der Waals surface area (Å²) >= 11 is 1.26. The van der Waals surface area contributed by atoms with Crippen LogP contribution in [0.15, 0.2) is 63.5 Å². The van der Waals surface area contributed by atoms with E-state index in [1.165, 1.54) is 11.3 Å². The molecular formula is C34H39N3O7S. The summed E-state index contributed by atoms with van der Waals surface area (Å²) in [4.78, 5) is 47.2. The van der Waals surface area contributed by atoms with Crippen LogP contribution in [-0.4, -0.2) is 61.4 Å². The van der Waals surface area contributed by atoms with Crippen LogP contribution in [0.4, 0.5) is 0 Å². The molecule has 1 saturated heterocycles. The molecule has 2 aliphatic heterocycles. The second-order valence-corrected chi connectivity index (χ2v) is 11.7. The van der Waals surface area contributed by atoms with E-state index in [9.17, 15) is 14.4 Å². The van der Waals surface area contributed by atoms with Gasteiger partial charge in [-0.15, -0.1) is 0 Å². The number of hydrogen-bond donors (Lipinski definition) is 0. The highest BCUT2D eigenvalue weighted by atomic mass is 32.1. The first kappa shape index (κ1) is 32.0. The second kappa shape index (κ2) is 14.6. The largest absolute Gasteiger partial charge is 0.497 e. The summed E-state index contributed by atoms with van der Waals surface area (Å²) < 4.78 is 24.7. The monoisotopic (exact) mass is 633 g/mol. The number of carbonyl (C=O) groups is 2. The van der Waals surface area contributed by atoms with Gasteiger partial charge in [-0.05, 0) is 74.6 Å². The van der Waals surface area contributed by atoms with Crippen molar-refractivity contribution in [1.82, 2.24) is 9.47 Å². The average Bonchev–Trinajstić information content (AvgIpc) is 3.69. The molecule has 0 radical (unpaired) electrons. The van der Waals surface area contributed by atoms with E-state index in [0.29, 0.717) is 50.9 Å². The highest BCUT2D eigenvalue weighted by Gasteiger charge is 2.34. The fraction of sp³-hybridized carbons (Fsp3) is 0.412. The lowest BCUT2D eigenvalue weighted by molar-refractivity contribution is -0.139. The van der Waals surface area contributed by atoms with E-state index in [0.717, 1.165) is 43.5 Å². The number of methoxy groups -OCH3 is 1. The van der Waals surface area contributed by atoms with E-state index in [2.05, 4.69) is 0 Å². The molecule has 0 N–H and O–H groups in total. The lowest BCUT2D eigenvalue weighted by Crippen LogP contribution is -2.40. The van der Waals surface area contributed by atoms with Gasteiger partial charge in [0.2, 0.25) is 0 Å². The first-order valence-corrected chi connectivity index (χ1v) is 16.2. The zero-order valence-corrected chi connectivity index (χ0v) is 27.0. The van der Waals surface area contributed by atoms with Crippen molar-refractivity contribution in [2.75, 3.05) is 40.0 Å². The summed E-state index contributed by atoms with van der Waals surface area (Å²) in [5.74, 6) is 1.02. The van der Waals surface area contributed by atoms with Crippen LogP contribution in [0.3, 0.4) is 0 Å². The van der Waals surface area contributed by atoms with Crippen LogP contribution in [0, 0.1) is 0 Å². The van der Waals surface area contributed by atoms with Gasteiger partial charge in [-0.1, -0.05) is 42.9 Å². The molecule has 0 unspecified atom stereocenters. The third kappa shape index (κ3) is 6.98. The highest BCUT2D eigenvalue weighted by molar-refractivity contribution is 7.07. The summed E-state index contributed by atoms with van der Waals surface area (Å²) in [6.07, 6.45) is 5.13. The number of hydrogen-bond acceptors (Lipinski definition) is 9. The number of ether oxygens (including phenoxy) is 4. The van der Waals surface area contributed by atoms with E-state index in [1.54, 1.807) is 36.8 Å². The number of aromatic nitrogens is 1. The van der Waals surface area contributed by atoms with E-state index in [-0.39, 0.29) is 24.7 Å². The summed E-state index contributed by atoms with van der Waals surface area (Å²) in [5.41, 5.74) is 2.13. The minimum Gasteiger partial charge on any atom is -0.497 e. The fourth-order valence-corrected chi connectivity index (χ4v) is 6.62. The third-order valence-electron chi connectivity index (χ3n) is 7.68. The van der Waals surface area contributed by atoms with Gasteiger partial charge in [-0.2, -0.15) is 0 Å². The summed E-state index contributed by atoms with van der Waals surface area (Å²) in [6.45, 7) is 7.71. The fourth-order valence-electron chi connectivity index (χ4n) is 5.60. The van der Waals surface area contributed by atoms with Crippen LogP contribution < -0.4 is 29.1 Å². The number of fused-ring (bicyclic) bond motifs is 1. The van der Waals surface area contributed by atoms with Gasteiger partial charge in [0.1, 0.15) is 5.75 Å². The number of amides is 1. The quantitative estimate of drug-likeness (QED) is 0.278. The SMILES string of the molecule is CCCC1=C(C(=O)OCC)[C@@H](c2cccc(OC)c2)n2c(s/c(=C/c3ccc(OCC(=O)N4CCCC4)c(OCC)c3)c2=O)=N1. The summed E-state index contributed by atoms with van der Waals surface area (Å²) in [7, 11) is 1.58. The molecule has 45 heavy (non-hydrogen) atoms. The van der Waals surface area contributed by atoms with Gasteiger partial charge in [0, 0.05) is 13.1 Å². The molecule has 5 rings (SSSR count). The van der Waals surface area contributed by atoms with Crippen molar-refractivity contribution in [2.45, 2.75) is 52.5 Å². The summed E-state index contributed by atoms with van der Waals surface area (Å²) in [6, 6.07) is 12.0. The van der Waals surface area contributed by atoms with Crippen molar-refractivity contribution in [3.63, 3.8) is 0 Å². The number of carbonyl (C=O) groups excluding carboxylic acids is 2. The van der Waals surface area contributed by atoms with Gasteiger partial charge in [-0.25, -0.2) is 9.79 Å². The van der Waals surface area contributed by atoms with Crippen molar-refractivity contribution in [1.29, 1.82) is 0 Å². The topological polar surface area (TPSA) is 109 Å². The molecule has 3 aromatic rings. The molecule has 1 fully saturated rings. The first-order valence-electron chi connectivity index (χ1n) is 15.4. The van der Waals surface area contributed by atoms with Crippen LogP contribution in [0.5, 0.6) is 17.2 Å². The zero-order valence-electron chi connectivity index (χ0n) is 26.2. The molecule has 1 amide bonds. The minimum atomic E-state index is -0.734. The highest BCUT2D eigenvalue weighted by Crippen LogP contribution is 2.34. The van der Waals surface area contributed by atoms with Crippen LogP contribution in [0.1, 0.15) is 63.6 Å². The molecular weight excluding hydrogens is 594 g/mol. The number of benzene rings is 2. The maximum atomic E-state index is 14.1. The molecule has 11 heteroatoms. The molecule has 10 nitrogen and oxygen atoms in total. The lowest BCUT2D eigenvalue weighted by Gasteiger charge is -2.26. The molecule has 0 saturated carbocycles. The lowest BCUT2D eigenvalue weighted by atomic mass is 9.94. The average molecular weight is 634 g/mol. The molecule has 1 aromatic heterocycles. The Bertz CT molecular complexity index is 1770. The Balaban J connectivity index is 1.57. The third-order valence-corrected chi connectivity index (χ3v) is 8.66. The Morgan fingerprint density at radius 3 is 2.53 bits per heavy atom. The minimum absolute atomic E-state index is 0.0460. The van der Waals surface area contributed by atoms with Gasteiger partial charge in [0.05, 0.1) is 42.2 Å². The second-order valence-electron chi connectivity index (χ2n) is 10.7. The van der Waals surface area contributed by atoms with Crippen LogP contribution >= 0.6 is 11.3 Å². The summed E-state index contributed by atoms with van der Waals surface area (Å²) in [5, 5.41) is 0. The maximum absolute atomic E-state index is 14.1. The molecule has 2 aromatic carbocycles. The van der Waals surface area contributed by atoms with Gasteiger partial charge in [-0.3, -0.25) is 14.2 Å². The molecule has 0 spiro atoms. The molecule has 2 aliphatic rings. The normalized spacial score (nSPS) is 16.3. The van der Waals surface area contributed by atoms with Crippen molar-refractivity contribution in [2.24, 2.45) is 4.99 Å². The van der Waals surface area contributed by atoms with E-state index >= 15 is 0 Å². The van der Waals surface area contributed by atoms with Crippen molar-refractivity contribution >= 4 is 29.3 Å². The number of thiazole rings is 1. The number of nitrogens with zero attached hydrogens (tertiary/aromatic N) is 3.